The molecule has 1 aromatic heterocycles. The number of benzene rings is 1. The van der Waals surface area contributed by atoms with Crippen molar-refractivity contribution < 1.29 is 4.79 Å². The summed E-state index contributed by atoms with van der Waals surface area (Å²) in [5.41, 5.74) is 8.36. The van der Waals surface area contributed by atoms with Crippen molar-refractivity contribution in [2.24, 2.45) is 0 Å². The van der Waals surface area contributed by atoms with E-state index < -0.39 is 0 Å². The van der Waals surface area contributed by atoms with E-state index in [1.807, 2.05) is 36.2 Å². The van der Waals surface area contributed by atoms with Crippen LogP contribution in [0.5, 0.6) is 0 Å². The van der Waals surface area contributed by atoms with Gasteiger partial charge in [-0.3, -0.25) is 5.41 Å². The Morgan fingerprint density at radius 2 is 2.12 bits per heavy atom. The SMILES string of the molecule is CNCCN(CCC=O)c1cc(C(=N)c2ccccc2N)ccn1. The molecule has 0 saturated heterocycles. The maximum absolute atomic E-state index is 10.7. The first kappa shape index (κ1) is 17.6. The van der Waals surface area contributed by atoms with Gasteiger partial charge in [0, 0.05) is 49.1 Å². The van der Waals surface area contributed by atoms with Crippen molar-refractivity contribution >= 4 is 23.5 Å². The Hall–Kier alpha value is -2.73. The molecule has 0 amide bonds. The maximum Gasteiger partial charge on any atom is 0.129 e. The molecule has 6 heteroatoms. The second-order valence-corrected chi connectivity index (χ2v) is 5.41. The Balaban J connectivity index is 2.27. The third-order valence-electron chi connectivity index (χ3n) is 3.74. The highest BCUT2D eigenvalue weighted by Crippen LogP contribution is 2.19. The van der Waals surface area contributed by atoms with Gasteiger partial charge in [0.1, 0.15) is 12.1 Å². The summed E-state index contributed by atoms with van der Waals surface area (Å²) < 4.78 is 0. The average Bonchev–Trinajstić information content (AvgIpc) is 2.62. The standard InChI is InChI=1S/C18H23N5O/c1-21-9-11-23(10-4-12-24)17-13-14(7-8-22-17)18(20)15-5-2-3-6-16(15)19/h2-3,5-8,12-13,20-21H,4,9-11,19H2,1H3. The van der Waals surface area contributed by atoms with E-state index in [2.05, 4.69) is 10.3 Å². The number of aromatic nitrogens is 1. The number of hydrogen-bond donors (Lipinski definition) is 3. The third kappa shape index (κ3) is 4.39. The Kier molecular flexibility index (Phi) is 6.45. The largest absolute Gasteiger partial charge is 0.398 e. The molecule has 24 heavy (non-hydrogen) atoms. The van der Waals surface area contributed by atoms with E-state index in [-0.39, 0.29) is 0 Å². The number of nitrogens with one attached hydrogen (secondary N) is 2. The van der Waals surface area contributed by atoms with Crippen LogP contribution in [0.4, 0.5) is 11.5 Å². The summed E-state index contributed by atoms with van der Waals surface area (Å²) in [4.78, 5) is 17.1. The van der Waals surface area contributed by atoms with Crippen LogP contribution in [0.15, 0.2) is 42.6 Å². The molecule has 6 nitrogen and oxygen atoms in total. The van der Waals surface area contributed by atoms with Crippen LogP contribution in [0, 0.1) is 5.41 Å². The van der Waals surface area contributed by atoms with E-state index in [1.165, 1.54) is 0 Å². The van der Waals surface area contributed by atoms with E-state index in [0.29, 0.717) is 29.9 Å². The lowest BCUT2D eigenvalue weighted by molar-refractivity contribution is -0.107. The van der Waals surface area contributed by atoms with E-state index in [9.17, 15) is 4.79 Å². The highest BCUT2D eigenvalue weighted by atomic mass is 16.1. The van der Waals surface area contributed by atoms with Gasteiger partial charge < -0.3 is 20.7 Å². The van der Waals surface area contributed by atoms with Gasteiger partial charge in [-0.25, -0.2) is 4.98 Å². The third-order valence-corrected chi connectivity index (χ3v) is 3.74. The van der Waals surface area contributed by atoms with E-state index in [0.717, 1.165) is 30.8 Å². The summed E-state index contributed by atoms with van der Waals surface area (Å²) in [6.07, 6.45) is 3.03. The Morgan fingerprint density at radius 1 is 1.33 bits per heavy atom. The molecule has 0 bridgehead atoms. The van der Waals surface area contributed by atoms with Crippen molar-refractivity contribution in [2.75, 3.05) is 37.3 Å². The lowest BCUT2D eigenvalue weighted by Gasteiger charge is -2.23. The first-order chi connectivity index (χ1) is 11.7. The number of nitrogen functional groups attached to an aromatic ring is 1. The number of pyridine rings is 1. The van der Waals surface area contributed by atoms with E-state index in [4.69, 9.17) is 11.1 Å². The number of para-hydroxylation sites is 1. The van der Waals surface area contributed by atoms with Crippen LogP contribution in [0.3, 0.4) is 0 Å². The number of nitrogens with two attached hydrogens (primary N) is 1. The minimum Gasteiger partial charge on any atom is -0.398 e. The minimum absolute atomic E-state index is 0.362. The summed E-state index contributed by atoms with van der Waals surface area (Å²) >= 11 is 0. The van der Waals surface area contributed by atoms with Crippen molar-refractivity contribution in [3.8, 4) is 0 Å². The number of anilines is 2. The van der Waals surface area contributed by atoms with Gasteiger partial charge in [-0.1, -0.05) is 18.2 Å². The molecule has 2 rings (SSSR count). The zero-order valence-electron chi connectivity index (χ0n) is 13.8. The number of aldehydes is 1. The van der Waals surface area contributed by atoms with Crippen molar-refractivity contribution in [3.63, 3.8) is 0 Å². The van der Waals surface area contributed by atoms with Gasteiger partial charge >= 0.3 is 0 Å². The van der Waals surface area contributed by atoms with Crippen LogP contribution in [0.2, 0.25) is 0 Å². The lowest BCUT2D eigenvalue weighted by atomic mass is 10.0. The molecule has 0 aliphatic rings. The molecule has 1 heterocycles. The fourth-order valence-corrected chi connectivity index (χ4v) is 2.42. The van der Waals surface area contributed by atoms with Gasteiger partial charge in [-0.05, 0) is 25.2 Å². The van der Waals surface area contributed by atoms with Gasteiger partial charge in [0.25, 0.3) is 0 Å². The van der Waals surface area contributed by atoms with E-state index >= 15 is 0 Å². The molecule has 1 aromatic carbocycles. The predicted octanol–water partition coefficient (Wildman–Crippen LogP) is 1.69. The molecule has 0 aliphatic heterocycles. The number of likely N-dealkylation sites (N-methyl/N-ethyl adjacent to an activating group) is 1. The van der Waals surface area contributed by atoms with Crippen LogP contribution < -0.4 is 16.0 Å². The summed E-state index contributed by atoms with van der Waals surface area (Å²) in [7, 11) is 1.88. The van der Waals surface area contributed by atoms with Gasteiger partial charge in [0.05, 0.1) is 5.71 Å². The highest BCUT2D eigenvalue weighted by Gasteiger charge is 2.12. The molecule has 0 aliphatic carbocycles. The quantitative estimate of drug-likeness (QED) is 0.370. The predicted molar refractivity (Wildman–Crippen MR) is 97.8 cm³/mol. The molecule has 0 fully saturated rings. The maximum atomic E-state index is 10.7. The molecule has 0 saturated carbocycles. The summed E-state index contributed by atoms with van der Waals surface area (Å²) in [5.74, 6) is 0.754. The lowest BCUT2D eigenvalue weighted by Crippen LogP contribution is -2.32. The summed E-state index contributed by atoms with van der Waals surface area (Å²) in [6.45, 7) is 2.12. The number of hydrogen-bond acceptors (Lipinski definition) is 6. The number of carbonyl (C=O) groups is 1. The zero-order valence-corrected chi connectivity index (χ0v) is 13.8. The van der Waals surface area contributed by atoms with Crippen LogP contribution >= 0.6 is 0 Å². The van der Waals surface area contributed by atoms with Crippen LogP contribution in [-0.2, 0) is 4.79 Å². The van der Waals surface area contributed by atoms with Gasteiger partial charge in [-0.2, -0.15) is 0 Å². The Labute approximate surface area is 142 Å². The first-order valence-electron chi connectivity index (χ1n) is 7.90. The second kappa shape index (κ2) is 8.79. The van der Waals surface area contributed by atoms with E-state index in [1.54, 1.807) is 18.3 Å². The average molecular weight is 325 g/mol. The number of rotatable bonds is 9. The molecular formula is C18H23N5O. The van der Waals surface area contributed by atoms with Crippen molar-refractivity contribution in [1.29, 1.82) is 5.41 Å². The monoisotopic (exact) mass is 325 g/mol. The highest BCUT2D eigenvalue weighted by molar-refractivity contribution is 6.14. The normalized spacial score (nSPS) is 10.4. The molecule has 0 spiro atoms. The molecule has 4 N–H and O–H groups in total. The number of nitrogens with zero attached hydrogens (tertiary/aromatic N) is 2. The van der Waals surface area contributed by atoms with Gasteiger partial charge in [0.2, 0.25) is 0 Å². The topological polar surface area (TPSA) is 95.1 Å². The molecular weight excluding hydrogens is 302 g/mol. The first-order valence-corrected chi connectivity index (χ1v) is 7.90. The van der Waals surface area contributed by atoms with Gasteiger partial charge in [0.15, 0.2) is 0 Å². The molecule has 126 valence electrons. The Bertz CT molecular complexity index is 701. The summed E-state index contributed by atoms with van der Waals surface area (Å²) in [6, 6.07) is 11.0. The summed E-state index contributed by atoms with van der Waals surface area (Å²) in [5, 5.41) is 11.5. The second-order valence-electron chi connectivity index (χ2n) is 5.41. The molecule has 0 atom stereocenters. The molecule has 2 aromatic rings. The van der Waals surface area contributed by atoms with Crippen LogP contribution in [0.1, 0.15) is 17.5 Å². The Morgan fingerprint density at radius 3 is 2.83 bits per heavy atom. The van der Waals surface area contributed by atoms with Crippen LogP contribution in [-0.4, -0.2) is 43.7 Å². The van der Waals surface area contributed by atoms with Crippen molar-refractivity contribution in [3.05, 3.63) is 53.7 Å². The number of carbonyl (C=O) groups excluding carboxylic acids is 1. The van der Waals surface area contributed by atoms with Crippen molar-refractivity contribution in [1.82, 2.24) is 10.3 Å². The minimum atomic E-state index is 0.362. The molecule has 0 radical (unpaired) electrons. The molecule has 0 unspecified atom stereocenters. The fourth-order valence-electron chi connectivity index (χ4n) is 2.42. The van der Waals surface area contributed by atoms with Gasteiger partial charge in [-0.15, -0.1) is 0 Å². The smallest absolute Gasteiger partial charge is 0.129 e. The van der Waals surface area contributed by atoms with Crippen LogP contribution in [0.25, 0.3) is 0 Å². The zero-order chi connectivity index (χ0) is 17.4. The fraction of sp³-hybridized carbons (Fsp3) is 0.278. The van der Waals surface area contributed by atoms with Crippen molar-refractivity contribution in [2.45, 2.75) is 6.42 Å².